The molecule has 1 aliphatic heterocycles. The van der Waals surface area contributed by atoms with Crippen molar-refractivity contribution >= 4 is 10.8 Å². The zero-order valence-corrected chi connectivity index (χ0v) is 13.1. The van der Waals surface area contributed by atoms with Crippen molar-refractivity contribution < 1.29 is 13.7 Å². The summed E-state index contributed by atoms with van der Waals surface area (Å²) >= 11 is 0. The van der Waals surface area contributed by atoms with E-state index in [1.165, 1.54) is 25.7 Å². The molecule has 4 nitrogen and oxygen atoms in total. The second kappa shape index (κ2) is 6.79. The summed E-state index contributed by atoms with van der Waals surface area (Å²) in [5, 5.41) is 0. The molecule has 1 aromatic rings. The van der Waals surface area contributed by atoms with Crippen LogP contribution in [0.25, 0.3) is 0 Å². The first-order valence-electron chi connectivity index (χ1n) is 7.77. The van der Waals surface area contributed by atoms with Crippen LogP contribution in [0.15, 0.2) is 23.1 Å². The van der Waals surface area contributed by atoms with E-state index in [9.17, 15) is 4.21 Å². The summed E-state index contributed by atoms with van der Waals surface area (Å²) in [4.78, 5) is 0.785. The zero-order valence-electron chi connectivity index (χ0n) is 12.3. The smallest absolute Gasteiger partial charge is 0.162 e. The Hall–Kier alpha value is -1.07. The van der Waals surface area contributed by atoms with Crippen LogP contribution in [0, 0.1) is 5.92 Å². The van der Waals surface area contributed by atoms with Gasteiger partial charge in [0.1, 0.15) is 0 Å². The van der Waals surface area contributed by atoms with Gasteiger partial charge in [-0.3, -0.25) is 4.21 Å². The molecule has 2 atom stereocenters. The summed E-state index contributed by atoms with van der Waals surface area (Å²) in [6.45, 7) is 1.31. The lowest BCUT2D eigenvalue weighted by Crippen LogP contribution is -2.34. The number of ether oxygens (including phenoxy) is 2. The third-order valence-electron chi connectivity index (χ3n) is 4.33. The molecule has 2 unspecified atom stereocenters. The van der Waals surface area contributed by atoms with Gasteiger partial charge in [0.2, 0.25) is 0 Å². The van der Waals surface area contributed by atoms with Crippen LogP contribution < -0.4 is 15.2 Å². The number of hydrogen-bond donors (Lipinski definition) is 1. The van der Waals surface area contributed by atoms with Crippen molar-refractivity contribution in [1.82, 2.24) is 0 Å². The van der Waals surface area contributed by atoms with Crippen molar-refractivity contribution in [3.8, 4) is 11.5 Å². The zero-order chi connectivity index (χ0) is 14.7. The SMILES string of the molecule is NC(CS(=O)c1ccc2c(c1)OCCCO2)C1CCCC1. The maximum absolute atomic E-state index is 12.5. The Morgan fingerprint density at radius 2 is 1.86 bits per heavy atom. The van der Waals surface area contributed by atoms with Gasteiger partial charge in [0.05, 0.1) is 24.0 Å². The minimum Gasteiger partial charge on any atom is -0.490 e. The Bertz CT molecular complexity index is 514. The Morgan fingerprint density at radius 1 is 1.14 bits per heavy atom. The van der Waals surface area contributed by atoms with Crippen molar-refractivity contribution in [2.75, 3.05) is 19.0 Å². The molecule has 1 aliphatic carbocycles. The lowest BCUT2D eigenvalue weighted by Gasteiger charge is -2.18. The second-order valence-corrected chi connectivity index (χ2v) is 7.38. The molecule has 21 heavy (non-hydrogen) atoms. The van der Waals surface area contributed by atoms with Crippen LogP contribution in [0.1, 0.15) is 32.1 Å². The highest BCUT2D eigenvalue weighted by Gasteiger charge is 2.24. The maximum Gasteiger partial charge on any atom is 0.162 e. The fraction of sp³-hybridized carbons (Fsp3) is 0.625. The van der Waals surface area contributed by atoms with E-state index in [0.717, 1.165) is 17.1 Å². The van der Waals surface area contributed by atoms with E-state index >= 15 is 0 Å². The molecule has 0 saturated heterocycles. The van der Waals surface area contributed by atoms with E-state index < -0.39 is 10.8 Å². The third kappa shape index (κ3) is 3.58. The molecule has 1 aromatic carbocycles. The first-order chi connectivity index (χ1) is 10.2. The molecule has 0 bridgehead atoms. The first-order valence-corrected chi connectivity index (χ1v) is 9.09. The largest absolute Gasteiger partial charge is 0.490 e. The fourth-order valence-corrected chi connectivity index (χ4v) is 4.35. The Balaban J connectivity index is 1.68. The van der Waals surface area contributed by atoms with E-state index in [0.29, 0.717) is 30.6 Å². The fourth-order valence-electron chi connectivity index (χ4n) is 3.08. The van der Waals surface area contributed by atoms with Crippen molar-refractivity contribution in [3.05, 3.63) is 18.2 Å². The van der Waals surface area contributed by atoms with Gasteiger partial charge in [0, 0.05) is 29.2 Å². The minimum absolute atomic E-state index is 0.0318. The summed E-state index contributed by atoms with van der Waals surface area (Å²) in [5.74, 6) is 2.51. The van der Waals surface area contributed by atoms with Crippen LogP contribution in [0.3, 0.4) is 0 Å². The Kier molecular flexibility index (Phi) is 4.80. The number of fused-ring (bicyclic) bond motifs is 1. The summed E-state index contributed by atoms with van der Waals surface area (Å²) in [6, 6.07) is 5.60. The first kappa shape index (κ1) is 14.9. The lowest BCUT2D eigenvalue weighted by atomic mass is 10.0. The van der Waals surface area contributed by atoms with Gasteiger partial charge in [-0.1, -0.05) is 12.8 Å². The van der Waals surface area contributed by atoms with Gasteiger partial charge in [-0.2, -0.15) is 0 Å². The highest BCUT2D eigenvalue weighted by Crippen LogP contribution is 2.32. The van der Waals surface area contributed by atoms with Gasteiger partial charge in [-0.25, -0.2) is 0 Å². The summed E-state index contributed by atoms with van der Waals surface area (Å²) in [5.41, 5.74) is 6.23. The Morgan fingerprint density at radius 3 is 2.62 bits per heavy atom. The quantitative estimate of drug-likeness (QED) is 0.928. The molecule has 1 fully saturated rings. The minimum atomic E-state index is -1.07. The van der Waals surface area contributed by atoms with E-state index in [2.05, 4.69) is 0 Å². The van der Waals surface area contributed by atoms with Gasteiger partial charge in [-0.15, -0.1) is 0 Å². The second-order valence-electron chi connectivity index (χ2n) is 5.88. The van der Waals surface area contributed by atoms with Crippen LogP contribution in [-0.2, 0) is 10.8 Å². The average Bonchev–Trinajstić information content (AvgIpc) is 2.92. The number of hydrogen-bond acceptors (Lipinski definition) is 4. The third-order valence-corrected chi connectivity index (χ3v) is 5.80. The van der Waals surface area contributed by atoms with E-state index in [4.69, 9.17) is 15.2 Å². The predicted molar refractivity (Wildman–Crippen MR) is 83.3 cm³/mol. The molecule has 0 amide bonds. The highest BCUT2D eigenvalue weighted by molar-refractivity contribution is 7.85. The van der Waals surface area contributed by atoms with Gasteiger partial charge in [0.25, 0.3) is 0 Å². The standard InChI is InChI=1S/C16H23NO3S/c17-14(12-4-1-2-5-12)11-21(18)13-6-7-15-16(10-13)20-9-3-8-19-15/h6-7,10,12,14H,1-5,8-9,11,17H2. The molecule has 0 radical (unpaired) electrons. The van der Waals surface area contributed by atoms with Crippen molar-refractivity contribution in [2.24, 2.45) is 11.7 Å². The number of benzene rings is 1. The van der Waals surface area contributed by atoms with Crippen molar-refractivity contribution in [1.29, 1.82) is 0 Å². The summed E-state index contributed by atoms with van der Waals surface area (Å²) < 4.78 is 23.8. The van der Waals surface area contributed by atoms with Crippen LogP contribution >= 0.6 is 0 Å². The normalized spacial score (nSPS) is 21.8. The average molecular weight is 309 g/mol. The van der Waals surface area contributed by atoms with Crippen molar-refractivity contribution in [3.63, 3.8) is 0 Å². The number of nitrogens with two attached hydrogens (primary N) is 1. The van der Waals surface area contributed by atoms with Crippen LogP contribution in [-0.4, -0.2) is 29.2 Å². The Labute approximate surface area is 128 Å². The van der Waals surface area contributed by atoms with Gasteiger partial charge < -0.3 is 15.2 Å². The van der Waals surface area contributed by atoms with Crippen molar-refractivity contribution in [2.45, 2.75) is 43.0 Å². The molecule has 116 valence electrons. The van der Waals surface area contributed by atoms with Gasteiger partial charge in [0.15, 0.2) is 11.5 Å². The molecule has 1 heterocycles. The topological polar surface area (TPSA) is 61.6 Å². The summed E-state index contributed by atoms with van der Waals surface area (Å²) in [7, 11) is -1.07. The summed E-state index contributed by atoms with van der Waals surface area (Å²) in [6.07, 6.45) is 5.75. The monoisotopic (exact) mass is 309 g/mol. The van der Waals surface area contributed by atoms with Crippen LogP contribution in [0.2, 0.25) is 0 Å². The van der Waals surface area contributed by atoms with E-state index in [1.807, 2.05) is 18.2 Å². The molecule has 2 N–H and O–H groups in total. The van der Waals surface area contributed by atoms with Crippen LogP contribution in [0.5, 0.6) is 11.5 Å². The number of rotatable bonds is 4. The highest BCUT2D eigenvalue weighted by atomic mass is 32.2. The van der Waals surface area contributed by atoms with E-state index in [1.54, 1.807) is 0 Å². The molecule has 3 rings (SSSR count). The van der Waals surface area contributed by atoms with Gasteiger partial charge >= 0.3 is 0 Å². The molecule has 1 saturated carbocycles. The molecule has 0 spiro atoms. The molecular formula is C16H23NO3S. The van der Waals surface area contributed by atoms with Crippen LogP contribution in [0.4, 0.5) is 0 Å². The maximum atomic E-state index is 12.5. The molecule has 2 aliphatic rings. The molecule has 0 aromatic heterocycles. The molecular weight excluding hydrogens is 286 g/mol. The van der Waals surface area contributed by atoms with Gasteiger partial charge in [-0.05, 0) is 30.9 Å². The molecule has 5 heteroatoms. The van der Waals surface area contributed by atoms with E-state index in [-0.39, 0.29) is 6.04 Å². The predicted octanol–water partition coefficient (Wildman–Crippen LogP) is 2.47. The lowest BCUT2D eigenvalue weighted by molar-refractivity contribution is 0.297.